The monoisotopic (exact) mass is 401 g/mol. The van der Waals surface area contributed by atoms with Crippen LogP contribution in [0.15, 0.2) is 29.3 Å². The van der Waals surface area contributed by atoms with E-state index >= 15 is 0 Å². The number of benzene rings is 1. The second-order valence-electron chi connectivity index (χ2n) is 7.03. The third-order valence-corrected chi connectivity index (χ3v) is 6.59. The number of urea groups is 1. The van der Waals surface area contributed by atoms with Gasteiger partial charge in [0.25, 0.3) is 10.0 Å². The van der Waals surface area contributed by atoms with Crippen molar-refractivity contribution in [3.63, 3.8) is 0 Å². The van der Waals surface area contributed by atoms with Gasteiger partial charge in [0.05, 0.1) is 6.61 Å². The summed E-state index contributed by atoms with van der Waals surface area (Å²) in [7, 11) is -4.11. The molecule has 2 N–H and O–H groups in total. The number of carbonyl (C=O) groups is 1. The second-order valence-corrected chi connectivity index (χ2v) is 8.68. The molecule has 0 fully saturated rings. The maximum Gasteiger partial charge on any atom is 0.333 e. The van der Waals surface area contributed by atoms with Crippen molar-refractivity contribution < 1.29 is 17.9 Å². The summed E-state index contributed by atoms with van der Waals surface area (Å²) < 4.78 is 32.8. The standard InChI is InChI=1S/C20H23N3O4S/c1-2-27-19-17(10-5-11-21-19)28(25,26)23-20(24)22-18-15-8-3-6-13(15)12-14-7-4-9-16(14)18/h5,10-12H,2-4,6-9H2,1H3,(H2,22,23,24). The van der Waals surface area contributed by atoms with Crippen molar-refractivity contribution >= 4 is 21.7 Å². The Balaban J connectivity index is 1.59. The normalized spacial score (nSPS) is 15.0. The van der Waals surface area contributed by atoms with E-state index in [9.17, 15) is 13.2 Å². The van der Waals surface area contributed by atoms with Gasteiger partial charge in [0.2, 0.25) is 5.88 Å². The van der Waals surface area contributed by atoms with E-state index < -0.39 is 16.1 Å². The van der Waals surface area contributed by atoms with Crippen LogP contribution in [0.3, 0.4) is 0 Å². The van der Waals surface area contributed by atoms with Crippen LogP contribution in [0, 0.1) is 0 Å². The van der Waals surface area contributed by atoms with E-state index in [4.69, 9.17) is 4.74 Å². The quantitative estimate of drug-likeness (QED) is 0.803. The van der Waals surface area contributed by atoms with E-state index in [1.807, 2.05) is 0 Å². The van der Waals surface area contributed by atoms with Crippen molar-refractivity contribution in [3.8, 4) is 5.88 Å². The predicted octanol–water partition coefficient (Wildman–Crippen LogP) is 2.97. The van der Waals surface area contributed by atoms with Crippen molar-refractivity contribution in [1.82, 2.24) is 9.71 Å². The lowest BCUT2D eigenvalue weighted by atomic mass is 9.99. The molecule has 7 nitrogen and oxygen atoms in total. The van der Waals surface area contributed by atoms with Gasteiger partial charge in [0.15, 0.2) is 0 Å². The first-order chi connectivity index (χ1) is 13.5. The number of sulfonamides is 1. The minimum atomic E-state index is -4.11. The van der Waals surface area contributed by atoms with Gasteiger partial charge in [-0.25, -0.2) is 22.9 Å². The number of anilines is 1. The topological polar surface area (TPSA) is 97.4 Å². The molecule has 0 saturated carbocycles. The Hall–Kier alpha value is -2.61. The number of amides is 2. The predicted molar refractivity (Wildman–Crippen MR) is 105 cm³/mol. The molecule has 148 valence electrons. The molecule has 1 aromatic heterocycles. The average molecular weight is 401 g/mol. The number of aryl methyl sites for hydroxylation is 2. The highest BCUT2D eigenvalue weighted by molar-refractivity contribution is 7.90. The molecule has 28 heavy (non-hydrogen) atoms. The molecule has 2 aromatic rings. The molecule has 0 radical (unpaired) electrons. The van der Waals surface area contributed by atoms with Crippen molar-refractivity contribution in [2.45, 2.75) is 50.3 Å². The molecule has 2 aliphatic rings. The van der Waals surface area contributed by atoms with E-state index in [1.165, 1.54) is 29.5 Å². The number of nitrogens with one attached hydrogen (secondary N) is 2. The molecule has 0 unspecified atom stereocenters. The maximum absolute atomic E-state index is 12.7. The number of hydrogen-bond donors (Lipinski definition) is 2. The molecular weight excluding hydrogens is 378 g/mol. The summed E-state index contributed by atoms with van der Waals surface area (Å²) in [6.07, 6.45) is 7.38. The van der Waals surface area contributed by atoms with E-state index in [0.717, 1.165) is 55.3 Å². The zero-order chi connectivity index (χ0) is 19.7. The number of aromatic nitrogens is 1. The van der Waals surface area contributed by atoms with E-state index in [0.29, 0.717) is 0 Å². The largest absolute Gasteiger partial charge is 0.477 e. The summed E-state index contributed by atoms with van der Waals surface area (Å²) in [5.74, 6) is -0.0215. The van der Waals surface area contributed by atoms with Gasteiger partial charge in [-0.1, -0.05) is 6.07 Å². The first-order valence-corrected chi connectivity index (χ1v) is 11.1. The number of pyridine rings is 1. The minimum absolute atomic E-state index is 0.0215. The van der Waals surface area contributed by atoms with Gasteiger partial charge in [-0.05, 0) is 79.8 Å². The van der Waals surface area contributed by atoms with Crippen LogP contribution in [0.1, 0.15) is 42.0 Å². The Kier molecular flexibility index (Phi) is 4.97. The number of ether oxygens (including phenoxy) is 1. The molecule has 0 spiro atoms. The lowest BCUT2D eigenvalue weighted by Gasteiger charge is -2.17. The second kappa shape index (κ2) is 7.43. The van der Waals surface area contributed by atoms with Crippen LogP contribution in [0.25, 0.3) is 0 Å². The van der Waals surface area contributed by atoms with Crippen molar-refractivity contribution in [2.24, 2.45) is 0 Å². The fraction of sp³-hybridized carbons (Fsp3) is 0.400. The molecule has 2 aliphatic carbocycles. The zero-order valence-corrected chi connectivity index (χ0v) is 16.6. The van der Waals surface area contributed by atoms with Crippen LogP contribution in [-0.2, 0) is 35.7 Å². The highest BCUT2D eigenvalue weighted by Gasteiger charge is 2.27. The van der Waals surface area contributed by atoms with Crippen molar-refractivity contribution in [1.29, 1.82) is 0 Å². The summed E-state index contributed by atoms with van der Waals surface area (Å²) in [5.41, 5.74) is 5.62. The summed E-state index contributed by atoms with van der Waals surface area (Å²) in [6.45, 7) is 2.01. The van der Waals surface area contributed by atoms with Crippen molar-refractivity contribution in [3.05, 3.63) is 46.6 Å². The molecule has 2 amide bonds. The average Bonchev–Trinajstić information content (AvgIpc) is 3.30. The fourth-order valence-corrected chi connectivity index (χ4v) is 5.11. The fourth-order valence-electron chi connectivity index (χ4n) is 4.11. The Bertz CT molecular complexity index is 1000. The molecular formula is C20H23N3O4S. The van der Waals surface area contributed by atoms with Crippen LogP contribution in [-0.4, -0.2) is 26.0 Å². The Morgan fingerprint density at radius 2 is 1.82 bits per heavy atom. The van der Waals surface area contributed by atoms with Gasteiger partial charge in [0.1, 0.15) is 4.90 Å². The number of fused-ring (bicyclic) bond motifs is 2. The lowest BCUT2D eigenvalue weighted by Crippen LogP contribution is -2.35. The summed E-state index contributed by atoms with van der Waals surface area (Å²) in [4.78, 5) is 16.4. The molecule has 1 heterocycles. The SMILES string of the molecule is CCOc1ncccc1S(=O)(=O)NC(=O)Nc1c2c(cc3c1CCC3)CCC2. The van der Waals surface area contributed by atoms with Gasteiger partial charge >= 0.3 is 6.03 Å². The van der Waals surface area contributed by atoms with E-state index in [1.54, 1.807) is 6.92 Å². The minimum Gasteiger partial charge on any atom is -0.477 e. The Morgan fingerprint density at radius 3 is 2.46 bits per heavy atom. The molecule has 0 saturated heterocycles. The molecule has 0 aliphatic heterocycles. The number of nitrogens with zero attached hydrogens (tertiary/aromatic N) is 1. The van der Waals surface area contributed by atoms with Gasteiger partial charge in [-0.3, -0.25) is 0 Å². The summed E-state index contributed by atoms with van der Waals surface area (Å²) in [6, 6.07) is 4.35. The van der Waals surface area contributed by atoms with Crippen molar-refractivity contribution in [2.75, 3.05) is 11.9 Å². The molecule has 0 bridgehead atoms. The van der Waals surface area contributed by atoms with Crippen LogP contribution >= 0.6 is 0 Å². The Labute approximate surface area is 164 Å². The number of carbonyl (C=O) groups excluding carboxylic acids is 1. The smallest absolute Gasteiger partial charge is 0.333 e. The molecule has 1 aromatic carbocycles. The first-order valence-electron chi connectivity index (χ1n) is 9.57. The van der Waals surface area contributed by atoms with Crippen LogP contribution in [0.5, 0.6) is 5.88 Å². The Morgan fingerprint density at radius 1 is 1.14 bits per heavy atom. The van der Waals surface area contributed by atoms with Gasteiger partial charge in [-0.2, -0.15) is 0 Å². The molecule has 8 heteroatoms. The highest BCUT2D eigenvalue weighted by Crippen LogP contribution is 2.38. The van der Waals surface area contributed by atoms with Crippen LogP contribution in [0.2, 0.25) is 0 Å². The molecule has 0 atom stereocenters. The van der Waals surface area contributed by atoms with Crippen LogP contribution < -0.4 is 14.8 Å². The summed E-state index contributed by atoms with van der Waals surface area (Å²) in [5, 5.41) is 2.83. The third-order valence-electron chi connectivity index (χ3n) is 5.25. The molecule has 4 rings (SSSR count). The highest BCUT2D eigenvalue weighted by atomic mass is 32.2. The third kappa shape index (κ3) is 3.44. The summed E-state index contributed by atoms with van der Waals surface area (Å²) >= 11 is 0. The maximum atomic E-state index is 12.7. The van der Waals surface area contributed by atoms with E-state index in [-0.39, 0.29) is 17.4 Å². The number of rotatable bonds is 5. The van der Waals surface area contributed by atoms with Gasteiger partial charge < -0.3 is 10.1 Å². The first kappa shape index (κ1) is 18.7. The van der Waals surface area contributed by atoms with Crippen LogP contribution in [0.4, 0.5) is 10.5 Å². The van der Waals surface area contributed by atoms with Gasteiger partial charge in [0, 0.05) is 11.9 Å². The lowest BCUT2D eigenvalue weighted by molar-refractivity contribution is 0.256. The van der Waals surface area contributed by atoms with Gasteiger partial charge in [-0.15, -0.1) is 0 Å². The number of hydrogen-bond acceptors (Lipinski definition) is 5. The zero-order valence-electron chi connectivity index (χ0n) is 15.7. The van der Waals surface area contributed by atoms with E-state index in [2.05, 4.69) is 21.1 Å².